The molecule has 3 N–H and O–H groups in total. The fourth-order valence-electron chi connectivity index (χ4n) is 2.39. The maximum atomic E-state index is 5.94. The van der Waals surface area contributed by atoms with E-state index in [-0.39, 0.29) is 5.54 Å². The Morgan fingerprint density at radius 1 is 1.50 bits per heavy atom. The molecule has 3 rings (SSSR count). The van der Waals surface area contributed by atoms with Gasteiger partial charge in [0.15, 0.2) is 0 Å². The molecule has 1 unspecified atom stereocenters. The molecule has 0 aliphatic heterocycles. The van der Waals surface area contributed by atoms with Crippen LogP contribution in [0.5, 0.6) is 0 Å². The van der Waals surface area contributed by atoms with Crippen LogP contribution in [0.1, 0.15) is 24.6 Å². The Morgan fingerprint density at radius 2 is 2.28 bits per heavy atom. The van der Waals surface area contributed by atoms with Gasteiger partial charge in [0, 0.05) is 11.4 Å². The van der Waals surface area contributed by atoms with Crippen molar-refractivity contribution in [1.29, 1.82) is 0 Å². The van der Waals surface area contributed by atoms with E-state index in [9.17, 15) is 0 Å². The van der Waals surface area contributed by atoms with Crippen LogP contribution in [0.4, 0.5) is 5.82 Å². The number of nitrogens with one attached hydrogen (secondary N) is 1. The molecule has 0 radical (unpaired) electrons. The summed E-state index contributed by atoms with van der Waals surface area (Å²) in [6.07, 6.45) is 4.15. The van der Waals surface area contributed by atoms with E-state index < -0.39 is 0 Å². The van der Waals surface area contributed by atoms with Gasteiger partial charge in [-0.05, 0) is 38.7 Å². The normalized spacial score (nSPS) is 18.8. The lowest BCUT2D eigenvalue weighted by atomic mass is 9.96. The summed E-state index contributed by atoms with van der Waals surface area (Å²) in [7, 11) is 0. The van der Waals surface area contributed by atoms with Gasteiger partial charge in [-0.2, -0.15) is 0 Å². The third-order valence-electron chi connectivity index (χ3n) is 3.76. The average Bonchev–Trinajstić information content (AvgIpc) is 3.12. The smallest absolute Gasteiger partial charge is 0.138 e. The molecule has 0 bridgehead atoms. The molecule has 1 fully saturated rings. The van der Waals surface area contributed by atoms with Crippen molar-refractivity contribution in [3.05, 3.63) is 17.3 Å². The SMILES string of the molecule is Cc1cc2c(NC(C)(CN)C3CC3)ncnc2s1. The zero-order valence-corrected chi connectivity index (χ0v) is 11.5. The van der Waals surface area contributed by atoms with Crippen molar-refractivity contribution in [3.8, 4) is 0 Å². The zero-order valence-electron chi connectivity index (χ0n) is 10.7. The Kier molecular flexibility index (Phi) is 2.75. The topological polar surface area (TPSA) is 63.8 Å². The number of nitrogens with two attached hydrogens (primary N) is 1. The highest BCUT2D eigenvalue weighted by atomic mass is 32.1. The van der Waals surface area contributed by atoms with Gasteiger partial charge in [-0.25, -0.2) is 9.97 Å². The second-order valence-corrected chi connectivity index (χ2v) is 6.55. The molecule has 1 aliphatic carbocycles. The molecule has 0 aromatic carbocycles. The summed E-state index contributed by atoms with van der Waals surface area (Å²) < 4.78 is 0. The Bertz CT molecular complexity index is 575. The molecule has 1 atom stereocenters. The van der Waals surface area contributed by atoms with Gasteiger partial charge in [-0.1, -0.05) is 0 Å². The molecule has 5 heteroatoms. The van der Waals surface area contributed by atoms with Gasteiger partial charge in [0.05, 0.1) is 10.9 Å². The van der Waals surface area contributed by atoms with Crippen LogP contribution >= 0.6 is 11.3 Å². The molecule has 0 saturated heterocycles. The van der Waals surface area contributed by atoms with Gasteiger partial charge in [0.1, 0.15) is 17.0 Å². The summed E-state index contributed by atoms with van der Waals surface area (Å²) >= 11 is 1.70. The first-order chi connectivity index (χ1) is 8.62. The largest absolute Gasteiger partial charge is 0.363 e. The average molecular weight is 262 g/mol. The minimum atomic E-state index is -0.0445. The quantitative estimate of drug-likeness (QED) is 0.888. The highest BCUT2D eigenvalue weighted by molar-refractivity contribution is 7.18. The zero-order chi connectivity index (χ0) is 12.8. The van der Waals surface area contributed by atoms with Gasteiger partial charge in [-0.3, -0.25) is 0 Å². The minimum Gasteiger partial charge on any atom is -0.363 e. The molecular weight excluding hydrogens is 244 g/mol. The summed E-state index contributed by atoms with van der Waals surface area (Å²) in [6.45, 7) is 4.92. The highest BCUT2D eigenvalue weighted by Crippen LogP contribution is 2.41. The first kappa shape index (κ1) is 11.9. The van der Waals surface area contributed by atoms with E-state index in [0.717, 1.165) is 16.0 Å². The van der Waals surface area contributed by atoms with Crippen LogP contribution in [0.15, 0.2) is 12.4 Å². The Hall–Kier alpha value is -1.20. The Morgan fingerprint density at radius 3 is 2.94 bits per heavy atom. The number of anilines is 1. The molecule has 1 saturated carbocycles. The van der Waals surface area contributed by atoms with Crippen LogP contribution in [-0.2, 0) is 0 Å². The summed E-state index contributed by atoms with van der Waals surface area (Å²) in [5.41, 5.74) is 5.90. The van der Waals surface area contributed by atoms with Crippen molar-refractivity contribution < 1.29 is 0 Å². The van der Waals surface area contributed by atoms with Gasteiger partial charge in [0.25, 0.3) is 0 Å². The van der Waals surface area contributed by atoms with E-state index in [1.54, 1.807) is 17.7 Å². The lowest BCUT2D eigenvalue weighted by Crippen LogP contribution is -2.44. The van der Waals surface area contributed by atoms with E-state index in [2.05, 4.69) is 35.2 Å². The van der Waals surface area contributed by atoms with Crippen LogP contribution in [0.25, 0.3) is 10.2 Å². The third-order valence-corrected chi connectivity index (χ3v) is 4.72. The van der Waals surface area contributed by atoms with E-state index in [0.29, 0.717) is 12.5 Å². The van der Waals surface area contributed by atoms with Gasteiger partial charge >= 0.3 is 0 Å². The van der Waals surface area contributed by atoms with E-state index in [1.165, 1.54) is 17.7 Å². The summed E-state index contributed by atoms with van der Waals surface area (Å²) in [4.78, 5) is 11.0. The lowest BCUT2D eigenvalue weighted by molar-refractivity contribution is 0.458. The van der Waals surface area contributed by atoms with E-state index in [4.69, 9.17) is 5.73 Å². The van der Waals surface area contributed by atoms with E-state index in [1.807, 2.05) is 0 Å². The Labute approximate surface area is 111 Å². The molecule has 1 aliphatic rings. The van der Waals surface area contributed by atoms with Crippen molar-refractivity contribution in [1.82, 2.24) is 9.97 Å². The van der Waals surface area contributed by atoms with Crippen molar-refractivity contribution >= 4 is 27.4 Å². The molecule has 0 spiro atoms. The highest BCUT2D eigenvalue weighted by Gasteiger charge is 2.41. The van der Waals surface area contributed by atoms with Gasteiger partial charge < -0.3 is 11.1 Å². The number of aryl methyl sites for hydroxylation is 1. The van der Waals surface area contributed by atoms with Crippen molar-refractivity contribution in [3.63, 3.8) is 0 Å². The molecule has 4 nitrogen and oxygen atoms in total. The first-order valence-electron chi connectivity index (χ1n) is 6.32. The summed E-state index contributed by atoms with van der Waals surface area (Å²) in [5, 5.41) is 4.67. The second-order valence-electron chi connectivity index (χ2n) is 5.32. The molecule has 18 heavy (non-hydrogen) atoms. The number of fused-ring (bicyclic) bond motifs is 1. The van der Waals surface area contributed by atoms with Crippen LogP contribution in [-0.4, -0.2) is 22.1 Å². The van der Waals surface area contributed by atoms with Gasteiger partial charge in [-0.15, -0.1) is 11.3 Å². The lowest BCUT2D eigenvalue weighted by Gasteiger charge is -2.30. The predicted octanol–water partition coefficient (Wildman–Crippen LogP) is 2.54. The Balaban J connectivity index is 1.98. The second kappa shape index (κ2) is 4.17. The van der Waals surface area contributed by atoms with Crippen molar-refractivity contribution in [2.24, 2.45) is 11.7 Å². The summed E-state index contributed by atoms with van der Waals surface area (Å²) in [6, 6.07) is 2.15. The van der Waals surface area contributed by atoms with Crippen molar-refractivity contribution in [2.75, 3.05) is 11.9 Å². The molecule has 2 aromatic heterocycles. The standard InChI is InChI=1S/C13H18N4S/c1-8-5-10-11(15-7-16-12(10)18-8)17-13(2,6-14)9-3-4-9/h5,7,9H,3-4,6,14H2,1-2H3,(H,15,16,17). The molecule has 2 aromatic rings. The molecule has 2 heterocycles. The van der Waals surface area contributed by atoms with Crippen LogP contribution in [0, 0.1) is 12.8 Å². The number of nitrogens with zero attached hydrogens (tertiary/aromatic N) is 2. The van der Waals surface area contributed by atoms with Crippen molar-refractivity contribution in [2.45, 2.75) is 32.2 Å². The van der Waals surface area contributed by atoms with E-state index >= 15 is 0 Å². The first-order valence-corrected chi connectivity index (χ1v) is 7.13. The monoisotopic (exact) mass is 262 g/mol. The van der Waals surface area contributed by atoms with Crippen LogP contribution in [0.3, 0.4) is 0 Å². The van der Waals surface area contributed by atoms with Gasteiger partial charge in [0.2, 0.25) is 0 Å². The fraction of sp³-hybridized carbons (Fsp3) is 0.538. The molecular formula is C13H18N4S. The molecule has 96 valence electrons. The third kappa shape index (κ3) is 1.97. The fourth-order valence-corrected chi connectivity index (χ4v) is 3.23. The van der Waals surface area contributed by atoms with Crippen LogP contribution < -0.4 is 11.1 Å². The number of hydrogen-bond acceptors (Lipinski definition) is 5. The maximum Gasteiger partial charge on any atom is 0.138 e. The summed E-state index contributed by atoms with van der Waals surface area (Å²) in [5.74, 6) is 1.59. The maximum absolute atomic E-state index is 5.94. The number of aromatic nitrogens is 2. The minimum absolute atomic E-state index is 0.0445. The number of thiophene rings is 1. The number of rotatable bonds is 4. The predicted molar refractivity (Wildman–Crippen MR) is 76.0 cm³/mol. The van der Waals surface area contributed by atoms with Crippen LogP contribution in [0.2, 0.25) is 0 Å². The molecule has 0 amide bonds. The number of hydrogen-bond donors (Lipinski definition) is 2.